The van der Waals surface area contributed by atoms with Gasteiger partial charge in [0, 0.05) is 17.8 Å². The Hall–Kier alpha value is -2.33. The van der Waals surface area contributed by atoms with E-state index in [1.54, 1.807) is 12.1 Å². The van der Waals surface area contributed by atoms with Crippen LogP contribution in [0.1, 0.15) is 42.1 Å². The van der Waals surface area contributed by atoms with Gasteiger partial charge in [-0.1, -0.05) is 19.1 Å². The molecule has 1 amide bonds. The van der Waals surface area contributed by atoms with Crippen molar-refractivity contribution in [3.63, 3.8) is 0 Å². The lowest BCUT2D eigenvalue weighted by Gasteiger charge is -2.14. The molecule has 0 bridgehead atoms. The van der Waals surface area contributed by atoms with Crippen LogP contribution in [0.4, 0.5) is 5.69 Å². The van der Waals surface area contributed by atoms with Crippen molar-refractivity contribution >= 4 is 11.6 Å². The molecule has 2 aromatic rings. The van der Waals surface area contributed by atoms with E-state index in [-0.39, 0.29) is 5.91 Å². The molecular weight excluding hydrogens is 312 g/mol. The van der Waals surface area contributed by atoms with Crippen molar-refractivity contribution in [1.82, 2.24) is 4.90 Å². The lowest BCUT2D eigenvalue weighted by Crippen LogP contribution is -2.18. The second kappa shape index (κ2) is 8.67. The van der Waals surface area contributed by atoms with Crippen LogP contribution < -0.4 is 10.1 Å². The van der Waals surface area contributed by atoms with E-state index in [1.165, 1.54) is 31.5 Å². The third-order valence-electron chi connectivity index (χ3n) is 4.41. The fraction of sp³-hybridized carbons (Fsp3) is 0.381. The van der Waals surface area contributed by atoms with Gasteiger partial charge in [-0.15, -0.1) is 0 Å². The minimum Gasteiger partial charge on any atom is -0.494 e. The van der Waals surface area contributed by atoms with Gasteiger partial charge in [0.15, 0.2) is 0 Å². The van der Waals surface area contributed by atoms with Crippen LogP contribution in [0, 0.1) is 0 Å². The number of hydrogen-bond acceptors (Lipinski definition) is 3. The van der Waals surface area contributed by atoms with E-state index in [9.17, 15) is 4.79 Å². The van der Waals surface area contributed by atoms with Gasteiger partial charge in [-0.25, -0.2) is 0 Å². The standard InChI is InChI=1S/C21H26N2O2/c1-2-15-25-20-11-7-18(8-12-20)21(24)22-19-9-5-17(6-10-19)16-23-13-3-4-14-23/h5-12H,2-4,13-16H2,1H3,(H,22,24). The van der Waals surface area contributed by atoms with E-state index in [0.717, 1.165) is 24.4 Å². The Morgan fingerprint density at radius 1 is 1.04 bits per heavy atom. The first-order valence-electron chi connectivity index (χ1n) is 9.10. The quantitative estimate of drug-likeness (QED) is 0.817. The molecule has 4 heteroatoms. The zero-order valence-corrected chi connectivity index (χ0v) is 14.8. The molecule has 4 nitrogen and oxygen atoms in total. The van der Waals surface area contributed by atoms with Gasteiger partial charge in [0.2, 0.25) is 0 Å². The number of ether oxygens (including phenoxy) is 1. The molecule has 0 unspecified atom stereocenters. The van der Waals surface area contributed by atoms with Crippen molar-refractivity contribution < 1.29 is 9.53 Å². The highest BCUT2D eigenvalue weighted by atomic mass is 16.5. The van der Waals surface area contributed by atoms with Crippen molar-refractivity contribution in [1.29, 1.82) is 0 Å². The Bertz CT molecular complexity index is 674. The van der Waals surface area contributed by atoms with Crippen LogP contribution in [0.5, 0.6) is 5.75 Å². The summed E-state index contributed by atoms with van der Waals surface area (Å²) in [5.41, 5.74) is 2.74. The highest BCUT2D eigenvalue weighted by Crippen LogP contribution is 2.17. The first-order valence-corrected chi connectivity index (χ1v) is 9.10. The third-order valence-corrected chi connectivity index (χ3v) is 4.41. The zero-order chi connectivity index (χ0) is 17.5. The molecule has 1 N–H and O–H groups in total. The average molecular weight is 338 g/mol. The van der Waals surface area contributed by atoms with Gasteiger partial charge in [-0.2, -0.15) is 0 Å². The van der Waals surface area contributed by atoms with Crippen molar-refractivity contribution in [2.45, 2.75) is 32.7 Å². The normalized spacial score (nSPS) is 14.4. The molecule has 1 aliphatic heterocycles. The van der Waals surface area contributed by atoms with Crippen molar-refractivity contribution in [2.75, 3.05) is 25.0 Å². The minimum atomic E-state index is -0.102. The number of likely N-dealkylation sites (tertiary alicyclic amines) is 1. The SMILES string of the molecule is CCCOc1ccc(C(=O)Nc2ccc(CN3CCCC3)cc2)cc1. The Morgan fingerprint density at radius 2 is 1.72 bits per heavy atom. The maximum absolute atomic E-state index is 12.3. The fourth-order valence-corrected chi connectivity index (χ4v) is 3.02. The van der Waals surface area contributed by atoms with E-state index in [1.807, 2.05) is 24.3 Å². The Kier molecular flexibility index (Phi) is 6.07. The molecular formula is C21H26N2O2. The number of carbonyl (C=O) groups excluding carboxylic acids is 1. The van der Waals surface area contributed by atoms with Gasteiger partial charge in [-0.05, 0) is 74.3 Å². The topological polar surface area (TPSA) is 41.6 Å². The van der Waals surface area contributed by atoms with Gasteiger partial charge in [0.05, 0.1) is 6.61 Å². The van der Waals surface area contributed by atoms with Crippen LogP contribution in [0.25, 0.3) is 0 Å². The summed E-state index contributed by atoms with van der Waals surface area (Å²) >= 11 is 0. The minimum absolute atomic E-state index is 0.102. The lowest BCUT2D eigenvalue weighted by molar-refractivity contribution is 0.102. The second-order valence-corrected chi connectivity index (χ2v) is 6.51. The van der Waals surface area contributed by atoms with Gasteiger partial charge in [0.1, 0.15) is 5.75 Å². The molecule has 0 aromatic heterocycles. The molecule has 0 aliphatic carbocycles. The van der Waals surface area contributed by atoms with Gasteiger partial charge in [0.25, 0.3) is 5.91 Å². The number of rotatable bonds is 7. The molecule has 0 atom stereocenters. The third kappa shape index (κ3) is 5.07. The van der Waals surface area contributed by atoms with Gasteiger partial charge >= 0.3 is 0 Å². The van der Waals surface area contributed by atoms with Crippen molar-refractivity contribution in [3.05, 3.63) is 59.7 Å². The summed E-state index contributed by atoms with van der Waals surface area (Å²) in [5.74, 6) is 0.694. The highest BCUT2D eigenvalue weighted by molar-refractivity contribution is 6.04. The fourth-order valence-electron chi connectivity index (χ4n) is 3.02. The van der Waals surface area contributed by atoms with E-state index < -0.39 is 0 Å². The Balaban J connectivity index is 1.54. The van der Waals surface area contributed by atoms with E-state index in [2.05, 4.69) is 29.3 Å². The summed E-state index contributed by atoms with van der Waals surface area (Å²) in [6.07, 6.45) is 3.57. The van der Waals surface area contributed by atoms with Crippen molar-refractivity contribution in [2.24, 2.45) is 0 Å². The summed E-state index contributed by atoms with van der Waals surface area (Å²) < 4.78 is 5.54. The van der Waals surface area contributed by atoms with Crippen molar-refractivity contribution in [3.8, 4) is 5.75 Å². The predicted octanol–water partition coefficient (Wildman–Crippen LogP) is 4.32. The molecule has 25 heavy (non-hydrogen) atoms. The van der Waals surface area contributed by atoms with Crippen LogP contribution >= 0.6 is 0 Å². The molecule has 2 aromatic carbocycles. The van der Waals surface area contributed by atoms with Crippen LogP contribution in [0.15, 0.2) is 48.5 Å². The van der Waals surface area contributed by atoms with E-state index in [0.29, 0.717) is 12.2 Å². The lowest BCUT2D eigenvalue weighted by atomic mass is 10.1. The van der Waals surface area contributed by atoms with Crippen LogP contribution in [-0.2, 0) is 6.54 Å². The molecule has 0 saturated carbocycles. The number of nitrogens with zero attached hydrogens (tertiary/aromatic N) is 1. The maximum Gasteiger partial charge on any atom is 0.255 e. The Labute approximate surface area is 149 Å². The zero-order valence-electron chi connectivity index (χ0n) is 14.8. The summed E-state index contributed by atoms with van der Waals surface area (Å²) in [6.45, 7) is 6.13. The van der Waals surface area contributed by atoms with E-state index >= 15 is 0 Å². The molecule has 1 heterocycles. The number of carbonyl (C=O) groups is 1. The number of nitrogens with one attached hydrogen (secondary N) is 1. The molecule has 1 fully saturated rings. The summed E-state index contributed by atoms with van der Waals surface area (Å²) in [4.78, 5) is 14.8. The highest BCUT2D eigenvalue weighted by Gasteiger charge is 2.12. The number of anilines is 1. The molecule has 132 valence electrons. The van der Waals surface area contributed by atoms with Gasteiger partial charge in [-0.3, -0.25) is 9.69 Å². The molecule has 1 saturated heterocycles. The predicted molar refractivity (Wildman–Crippen MR) is 101 cm³/mol. The van der Waals surface area contributed by atoms with Crippen LogP contribution in [-0.4, -0.2) is 30.5 Å². The number of amides is 1. The summed E-state index contributed by atoms with van der Waals surface area (Å²) in [7, 11) is 0. The van der Waals surface area contributed by atoms with Gasteiger partial charge < -0.3 is 10.1 Å². The first-order chi connectivity index (χ1) is 12.2. The van der Waals surface area contributed by atoms with Crippen LogP contribution in [0.3, 0.4) is 0 Å². The molecule has 1 aliphatic rings. The molecule has 3 rings (SSSR count). The smallest absolute Gasteiger partial charge is 0.255 e. The maximum atomic E-state index is 12.3. The number of hydrogen-bond donors (Lipinski definition) is 1. The van der Waals surface area contributed by atoms with E-state index in [4.69, 9.17) is 4.74 Å². The largest absolute Gasteiger partial charge is 0.494 e. The first kappa shape index (κ1) is 17.5. The molecule has 0 spiro atoms. The summed E-state index contributed by atoms with van der Waals surface area (Å²) in [6, 6.07) is 15.4. The molecule has 0 radical (unpaired) electrons. The number of benzene rings is 2. The summed E-state index contributed by atoms with van der Waals surface area (Å²) in [5, 5.41) is 2.95. The monoisotopic (exact) mass is 338 g/mol. The average Bonchev–Trinajstić information content (AvgIpc) is 3.15. The van der Waals surface area contributed by atoms with Crippen LogP contribution in [0.2, 0.25) is 0 Å². The Morgan fingerprint density at radius 3 is 2.36 bits per heavy atom. The second-order valence-electron chi connectivity index (χ2n) is 6.51.